The summed E-state index contributed by atoms with van der Waals surface area (Å²) in [5, 5.41) is 1.14. The van der Waals surface area contributed by atoms with Crippen molar-refractivity contribution in [1.29, 1.82) is 0 Å². The lowest BCUT2D eigenvalue weighted by atomic mass is 10.1. The molecule has 0 atom stereocenters. The van der Waals surface area contributed by atoms with Crippen LogP contribution in [-0.2, 0) is 17.1 Å². The van der Waals surface area contributed by atoms with Crippen LogP contribution in [0.5, 0.6) is 5.75 Å². The molecule has 2 aromatic carbocycles. The van der Waals surface area contributed by atoms with Gasteiger partial charge in [0.05, 0.1) is 17.9 Å². The van der Waals surface area contributed by atoms with Crippen LogP contribution < -0.4 is 9.46 Å². The minimum atomic E-state index is -3.26. The molecule has 0 amide bonds. The number of nitrogens with zero attached hydrogens (tertiary/aromatic N) is 1. The Kier molecular flexibility index (Phi) is 7.52. The first-order valence-corrected chi connectivity index (χ1v) is 11.3. The van der Waals surface area contributed by atoms with Crippen LogP contribution in [0, 0.1) is 0 Å². The second-order valence-electron chi connectivity index (χ2n) is 6.53. The van der Waals surface area contributed by atoms with Crippen LogP contribution in [0.25, 0.3) is 22.2 Å². The Morgan fingerprint density at radius 2 is 1.61 bits per heavy atom. The van der Waals surface area contributed by atoms with Gasteiger partial charge in [-0.25, -0.2) is 8.42 Å². The van der Waals surface area contributed by atoms with E-state index in [1.54, 1.807) is 19.1 Å². The van der Waals surface area contributed by atoms with Crippen molar-refractivity contribution < 1.29 is 13.2 Å². The molecule has 0 saturated carbocycles. The van der Waals surface area contributed by atoms with E-state index in [0.717, 1.165) is 27.9 Å². The molecule has 152 valence electrons. The molecular weight excluding hydrogens is 372 g/mol. The van der Waals surface area contributed by atoms with Crippen LogP contribution in [0.2, 0.25) is 0 Å². The topological polar surface area (TPSA) is 60.3 Å². The van der Waals surface area contributed by atoms with Crippen molar-refractivity contribution >= 4 is 26.6 Å². The summed E-state index contributed by atoms with van der Waals surface area (Å²) in [4.78, 5) is 0. The van der Waals surface area contributed by atoms with Crippen molar-refractivity contribution in [3.63, 3.8) is 0 Å². The monoisotopic (exact) mass is 402 g/mol. The van der Waals surface area contributed by atoms with Gasteiger partial charge in [-0.2, -0.15) is 0 Å². The van der Waals surface area contributed by atoms with Crippen molar-refractivity contribution in [1.82, 2.24) is 4.57 Å². The van der Waals surface area contributed by atoms with Crippen molar-refractivity contribution in [3.8, 4) is 17.0 Å². The molecule has 1 heterocycles. The average molecular weight is 403 g/mol. The highest BCUT2D eigenvalue weighted by Gasteiger charge is 2.10. The lowest BCUT2D eigenvalue weighted by Crippen LogP contribution is -2.14. The molecule has 0 radical (unpaired) electrons. The van der Waals surface area contributed by atoms with E-state index in [4.69, 9.17) is 4.74 Å². The van der Waals surface area contributed by atoms with Gasteiger partial charge in [-0.05, 0) is 49.7 Å². The number of ether oxygens (including phenoxy) is 1. The van der Waals surface area contributed by atoms with Crippen molar-refractivity contribution in [2.75, 3.05) is 17.1 Å². The average Bonchev–Trinajstić information content (AvgIpc) is 2.99. The Labute approximate surface area is 168 Å². The molecule has 0 aliphatic carbocycles. The highest BCUT2D eigenvalue weighted by atomic mass is 32.2. The van der Waals surface area contributed by atoms with E-state index >= 15 is 0 Å². The van der Waals surface area contributed by atoms with Crippen LogP contribution >= 0.6 is 0 Å². The fourth-order valence-corrected chi connectivity index (χ4v) is 3.44. The van der Waals surface area contributed by atoms with Crippen molar-refractivity contribution in [3.05, 3.63) is 48.5 Å². The summed E-state index contributed by atoms with van der Waals surface area (Å²) in [5.41, 5.74) is 3.75. The highest BCUT2D eigenvalue weighted by Crippen LogP contribution is 2.30. The SMILES string of the molecule is CCC.CCOc1ccc2cc(-c3ccc(NS(=O)(=O)CC)cc3)n(C)c2c1. The van der Waals surface area contributed by atoms with Gasteiger partial charge in [0.2, 0.25) is 10.0 Å². The molecular formula is C22H30N2O3S. The minimum Gasteiger partial charge on any atom is -0.494 e. The molecule has 0 aliphatic rings. The molecule has 3 rings (SSSR count). The fraction of sp³-hybridized carbons (Fsp3) is 0.364. The molecule has 0 unspecified atom stereocenters. The highest BCUT2D eigenvalue weighted by molar-refractivity contribution is 7.92. The van der Waals surface area contributed by atoms with Gasteiger partial charge in [-0.3, -0.25) is 4.72 Å². The van der Waals surface area contributed by atoms with E-state index < -0.39 is 10.0 Å². The number of fused-ring (bicyclic) bond motifs is 1. The maximum Gasteiger partial charge on any atom is 0.232 e. The zero-order valence-corrected chi connectivity index (χ0v) is 18.1. The number of sulfonamides is 1. The molecule has 6 heteroatoms. The van der Waals surface area contributed by atoms with E-state index in [1.165, 1.54) is 6.42 Å². The zero-order valence-electron chi connectivity index (χ0n) is 17.3. The smallest absolute Gasteiger partial charge is 0.232 e. The normalized spacial score (nSPS) is 11.0. The number of aryl methyl sites for hydroxylation is 1. The number of hydrogen-bond donors (Lipinski definition) is 1. The van der Waals surface area contributed by atoms with Crippen molar-refractivity contribution in [2.24, 2.45) is 7.05 Å². The quantitative estimate of drug-likeness (QED) is 0.599. The summed E-state index contributed by atoms with van der Waals surface area (Å²) in [7, 11) is -1.24. The van der Waals surface area contributed by atoms with Gasteiger partial charge >= 0.3 is 0 Å². The maximum absolute atomic E-state index is 11.7. The molecule has 1 N–H and O–H groups in total. The Morgan fingerprint density at radius 3 is 2.18 bits per heavy atom. The Morgan fingerprint density at radius 1 is 0.964 bits per heavy atom. The Balaban J connectivity index is 0.000000878. The van der Waals surface area contributed by atoms with E-state index in [0.29, 0.717) is 12.3 Å². The van der Waals surface area contributed by atoms with Gasteiger partial charge in [0.1, 0.15) is 5.75 Å². The first-order valence-electron chi connectivity index (χ1n) is 9.68. The summed E-state index contributed by atoms with van der Waals surface area (Å²) in [6, 6.07) is 15.6. The molecule has 1 aromatic heterocycles. The predicted molar refractivity (Wildman–Crippen MR) is 119 cm³/mol. The number of benzene rings is 2. The summed E-state index contributed by atoms with van der Waals surface area (Å²) < 4.78 is 33.6. The first-order chi connectivity index (χ1) is 13.3. The predicted octanol–water partition coefficient (Wildman–Crippen LogP) is 5.42. The summed E-state index contributed by atoms with van der Waals surface area (Å²) in [6.45, 7) is 8.47. The standard InChI is InChI=1S/C19H22N2O3S.C3H8/c1-4-24-17-11-8-15-12-18(21(3)19(15)13-17)14-6-9-16(10-7-14)20-25(22,23)5-2;1-3-2/h6-13,20H,4-5H2,1-3H3;3H2,1-2H3. The number of nitrogens with one attached hydrogen (secondary N) is 1. The lowest BCUT2D eigenvalue weighted by molar-refractivity contribution is 0.340. The second kappa shape index (κ2) is 9.64. The fourth-order valence-electron chi connectivity index (χ4n) is 2.80. The zero-order chi connectivity index (χ0) is 20.7. The second-order valence-corrected chi connectivity index (χ2v) is 8.54. The molecule has 0 saturated heterocycles. The van der Waals surface area contributed by atoms with Crippen LogP contribution in [0.3, 0.4) is 0 Å². The third-order valence-corrected chi connectivity index (χ3v) is 5.47. The molecule has 0 aliphatic heterocycles. The van der Waals surface area contributed by atoms with Crippen LogP contribution in [0.4, 0.5) is 5.69 Å². The molecule has 3 aromatic rings. The van der Waals surface area contributed by atoms with E-state index in [-0.39, 0.29) is 5.75 Å². The molecule has 0 fully saturated rings. The van der Waals surface area contributed by atoms with Crippen LogP contribution in [-0.4, -0.2) is 25.3 Å². The Hall–Kier alpha value is -2.47. The van der Waals surface area contributed by atoms with Gasteiger partial charge in [-0.15, -0.1) is 0 Å². The summed E-state index contributed by atoms with van der Waals surface area (Å²) in [6.07, 6.45) is 1.25. The number of rotatable bonds is 6. The summed E-state index contributed by atoms with van der Waals surface area (Å²) >= 11 is 0. The van der Waals surface area contributed by atoms with Gasteiger partial charge in [0, 0.05) is 29.9 Å². The van der Waals surface area contributed by atoms with Crippen LogP contribution in [0.15, 0.2) is 48.5 Å². The van der Waals surface area contributed by atoms with Gasteiger partial charge in [0.15, 0.2) is 0 Å². The summed E-state index contributed by atoms with van der Waals surface area (Å²) in [5.74, 6) is 0.909. The number of anilines is 1. The van der Waals surface area contributed by atoms with Gasteiger partial charge < -0.3 is 9.30 Å². The van der Waals surface area contributed by atoms with E-state index in [9.17, 15) is 8.42 Å². The molecule has 5 nitrogen and oxygen atoms in total. The van der Waals surface area contributed by atoms with E-state index in [2.05, 4.69) is 29.2 Å². The molecule has 0 spiro atoms. The lowest BCUT2D eigenvalue weighted by Gasteiger charge is -2.08. The largest absolute Gasteiger partial charge is 0.494 e. The first kappa shape index (κ1) is 21.8. The third-order valence-electron chi connectivity index (χ3n) is 4.16. The maximum atomic E-state index is 11.7. The van der Waals surface area contributed by atoms with Crippen LogP contribution in [0.1, 0.15) is 34.1 Å². The minimum absolute atomic E-state index is 0.0557. The number of hydrogen-bond acceptors (Lipinski definition) is 3. The van der Waals surface area contributed by atoms with Gasteiger partial charge in [-0.1, -0.05) is 32.4 Å². The number of aromatic nitrogens is 1. The molecule has 0 bridgehead atoms. The molecule has 28 heavy (non-hydrogen) atoms. The van der Waals surface area contributed by atoms with Crippen molar-refractivity contribution in [2.45, 2.75) is 34.1 Å². The third kappa shape index (κ3) is 5.29. The Bertz CT molecular complexity index is 1010. The van der Waals surface area contributed by atoms with Gasteiger partial charge in [0.25, 0.3) is 0 Å². The van der Waals surface area contributed by atoms with E-state index in [1.807, 2.05) is 44.3 Å².